The van der Waals surface area contributed by atoms with Gasteiger partial charge in [-0.15, -0.1) is 0 Å². The zero-order valence-corrected chi connectivity index (χ0v) is 69.6. The van der Waals surface area contributed by atoms with Crippen molar-refractivity contribution in [3.8, 4) is 0 Å². The first-order valence-corrected chi connectivity index (χ1v) is 44.3. The van der Waals surface area contributed by atoms with Gasteiger partial charge < -0.3 is 33.8 Å². The van der Waals surface area contributed by atoms with Gasteiger partial charge in [0.1, 0.15) is 19.3 Å². The molecular formula is C91H144O17P2. The summed E-state index contributed by atoms with van der Waals surface area (Å²) in [5.41, 5.74) is 0. The van der Waals surface area contributed by atoms with E-state index in [4.69, 9.17) is 37.0 Å². The maximum atomic E-state index is 13.1. The highest BCUT2D eigenvalue weighted by atomic mass is 31.2. The van der Waals surface area contributed by atoms with Crippen LogP contribution in [0, 0.1) is 0 Å². The van der Waals surface area contributed by atoms with E-state index in [0.717, 1.165) is 173 Å². The van der Waals surface area contributed by atoms with Gasteiger partial charge >= 0.3 is 39.5 Å². The van der Waals surface area contributed by atoms with Crippen molar-refractivity contribution in [2.45, 2.75) is 303 Å². The fourth-order valence-corrected chi connectivity index (χ4v) is 11.6. The summed E-state index contributed by atoms with van der Waals surface area (Å²) in [5, 5.41) is 10.7. The Labute approximate surface area is 665 Å². The third-order valence-electron chi connectivity index (χ3n) is 16.2. The van der Waals surface area contributed by atoms with Crippen molar-refractivity contribution in [1.82, 2.24) is 0 Å². The largest absolute Gasteiger partial charge is 0.472 e. The lowest BCUT2D eigenvalue weighted by Crippen LogP contribution is -2.30. The van der Waals surface area contributed by atoms with E-state index < -0.39 is 97.5 Å². The third-order valence-corrected chi connectivity index (χ3v) is 18.1. The topological polar surface area (TPSA) is 237 Å². The van der Waals surface area contributed by atoms with Gasteiger partial charge in [-0.2, -0.15) is 0 Å². The average Bonchev–Trinajstić information content (AvgIpc) is 0.900. The molecule has 0 bridgehead atoms. The van der Waals surface area contributed by atoms with Crippen LogP contribution in [-0.4, -0.2) is 96.7 Å². The first kappa shape index (κ1) is 104. The second-order valence-corrected chi connectivity index (χ2v) is 29.5. The molecule has 5 atom stereocenters. The summed E-state index contributed by atoms with van der Waals surface area (Å²) in [6, 6.07) is 0. The number of ether oxygens (including phenoxy) is 4. The van der Waals surface area contributed by atoms with Gasteiger partial charge in [0.15, 0.2) is 12.2 Å². The van der Waals surface area contributed by atoms with Crippen LogP contribution in [0.25, 0.3) is 0 Å². The zero-order chi connectivity index (χ0) is 80.3. The summed E-state index contributed by atoms with van der Waals surface area (Å²) in [6.07, 6.45) is 101. The first-order valence-electron chi connectivity index (χ1n) is 41.3. The van der Waals surface area contributed by atoms with Crippen LogP contribution in [0.15, 0.2) is 207 Å². The molecule has 0 aliphatic carbocycles. The number of hydrogen-bond acceptors (Lipinski definition) is 15. The number of carbonyl (C=O) groups is 4. The molecule has 0 amide bonds. The van der Waals surface area contributed by atoms with E-state index in [-0.39, 0.29) is 25.7 Å². The second kappa shape index (κ2) is 80.7. The molecule has 0 radical (unpaired) electrons. The van der Waals surface area contributed by atoms with E-state index in [1.807, 2.05) is 18.2 Å². The smallest absolute Gasteiger partial charge is 0.462 e. The highest BCUT2D eigenvalue weighted by Gasteiger charge is 2.30. The molecule has 17 nitrogen and oxygen atoms in total. The van der Waals surface area contributed by atoms with Crippen LogP contribution in [0.1, 0.15) is 285 Å². The Morgan fingerprint density at radius 3 is 0.800 bits per heavy atom. The van der Waals surface area contributed by atoms with E-state index in [1.165, 1.54) is 19.3 Å². The standard InChI is InChI=1S/C91H144O17P2/c1-5-9-13-17-21-25-29-33-37-40-42-45-49-52-56-60-64-68-72-76-89(94)102-82-87(108-91(96)78-74-70-66-62-58-54-50-46-43-41-38-34-30-26-22-18-14-10-6-2)84-106-110(99,100)104-80-85(92)79-103-109(97,98)105-83-86(107-90(95)77-73-69-65-61-57-53-47-36-32-28-24-20-16-12-8-4)81-101-88(93)75-71-67-63-59-55-51-48-44-39-35-31-27-23-19-15-11-7-3/h9,11-13,15-16,21-28,33-39,42-43,45-48,51-52,56-57,61,64,68,85-87,92H,5-8,10,14,17-20,29-32,40-41,44,49-50,53-55,58-60,62-63,65-67,69-84H2,1-4H3,(H,97,98)(H,99,100)/b13-9-,15-11-,16-12-,25-21-,26-22-,27-23-,28-24-,37-33-,38-34-,39-35-,45-42-,46-43-,47-36-,51-48-,56-52-,61-57-,68-64-. The van der Waals surface area contributed by atoms with Gasteiger partial charge in [-0.25, -0.2) is 9.13 Å². The van der Waals surface area contributed by atoms with Crippen LogP contribution < -0.4 is 0 Å². The quantitative estimate of drug-likeness (QED) is 0.0169. The summed E-state index contributed by atoms with van der Waals surface area (Å²) >= 11 is 0. The van der Waals surface area contributed by atoms with E-state index in [2.05, 4.69) is 216 Å². The molecule has 5 unspecified atom stereocenters. The highest BCUT2D eigenvalue weighted by molar-refractivity contribution is 7.47. The Bertz CT molecular complexity index is 2900. The fourth-order valence-electron chi connectivity index (χ4n) is 10.1. The number of rotatable bonds is 75. The number of phosphoric acid groups is 2. The Balaban J connectivity index is 5.54. The second-order valence-electron chi connectivity index (χ2n) is 26.6. The van der Waals surface area contributed by atoms with Crippen molar-refractivity contribution in [1.29, 1.82) is 0 Å². The van der Waals surface area contributed by atoms with Gasteiger partial charge in [-0.05, 0) is 180 Å². The van der Waals surface area contributed by atoms with Crippen LogP contribution in [0.4, 0.5) is 0 Å². The van der Waals surface area contributed by atoms with Gasteiger partial charge in [0.25, 0.3) is 0 Å². The summed E-state index contributed by atoms with van der Waals surface area (Å²) in [5.74, 6) is -2.38. The number of hydrogen-bond donors (Lipinski definition) is 3. The number of allylic oxidation sites excluding steroid dienone is 34. The molecule has 0 aliphatic rings. The molecule has 620 valence electrons. The summed E-state index contributed by atoms with van der Waals surface area (Å²) < 4.78 is 68.6. The average molecular weight is 1570 g/mol. The lowest BCUT2D eigenvalue weighted by atomic mass is 10.1. The lowest BCUT2D eigenvalue weighted by Gasteiger charge is -2.21. The Hall–Kier alpha value is -6.36. The normalized spacial score (nSPS) is 14.9. The van der Waals surface area contributed by atoms with E-state index in [9.17, 15) is 43.2 Å². The Morgan fingerprint density at radius 1 is 0.264 bits per heavy atom. The van der Waals surface area contributed by atoms with Crippen LogP contribution in [-0.2, 0) is 65.4 Å². The maximum absolute atomic E-state index is 13.1. The molecule has 0 rings (SSSR count). The maximum Gasteiger partial charge on any atom is 0.472 e. The van der Waals surface area contributed by atoms with Gasteiger partial charge in [-0.3, -0.25) is 37.3 Å². The summed E-state index contributed by atoms with van der Waals surface area (Å²) in [7, 11) is -10.0. The number of phosphoric ester groups is 2. The number of unbranched alkanes of at least 4 members (excludes halogenated alkanes) is 15. The first-order chi connectivity index (χ1) is 53.7. The predicted molar refractivity (Wildman–Crippen MR) is 454 cm³/mol. The molecule has 0 aromatic carbocycles. The molecule has 19 heteroatoms. The van der Waals surface area contributed by atoms with Crippen molar-refractivity contribution in [3.05, 3.63) is 207 Å². The predicted octanol–water partition coefficient (Wildman–Crippen LogP) is 24.7. The molecule has 0 aromatic rings. The van der Waals surface area contributed by atoms with Gasteiger partial charge in [0, 0.05) is 25.7 Å². The van der Waals surface area contributed by atoms with E-state index in [0.29, 0.717) is 38.5 Å². The molecule has 0 aliphatic heterocycles. The molecule has 0 fully saturated rings. The van der Waals surface area contributed by atoms with Gasteiger partial charge in [-0.1, -0.05) is 286 Å². The van der Waals surface area contributed by atoms with E-state index >= 15 is 0 Å². The van der Waals surface area contributed by atoms with Crippen LogP contribution in [0.5, 0.6) is 0 Å². The van der Waals surface area contributed by atoms with Crippen molar-refractivity contribution >= 4 is 39.5 Å². The Morgan fingerprint density at radius 2 is 0.491 bits per heavy atom. The van der Waals surface area contributed by atoms with E-state index in [1.54, 1.807) is 0 Å². The van der Waals surface area contributed by atoms with Gasteiger partial charge in [0.2, 0.25) is 0 Å². The highest BCUT2D eigenvalue weighted by Crippen LogP contribution is 2.45. The molecule has 0 saturated carbocycles. The minimum atomic E-state index is -5.02. The fraction of sp³-hybridized carbons (Fsp3) is 0.582. The molecule has 110 heavy (non-hydrogen) atoms. The number of esters is 4. The molecule has 0 aromatic heterocycles. The van der Waals surface area contributed by atoms with Crippen molar-refractivity contribution in [3.63, 3.8) is 0 Å². The lowest BCUT2D eigenvalue weighted by molar-refractivity contribution is -0.161. The molecule has 0 spiro atoms. The van der Waals surface area contributed by atoms with Crippen molar-refractivity contribution < 1.29 is 80.2 Å². The molecule has 3 N–H and O–H groups in total. The van der Waals surface area contributed by atoms with Crippen LogP contribution in [0.2, 0.25) is 0 Å². The van der Waals surface area contributed by atoms with Crippen molar-refractivity contribution in [2.75, 3.05) is 39.6 Å². The molecule has 0 heterocycles. The van der Waals surface area contributed by atoms with Crippen molar-refractivity contribution in [2.24, 2.45) is 0 Å². The number of aliphatic hydroxyl groups is 1. The minimum Gasteiger partial charge on any atom is -0.462 e. The van der Waals surface area contributed by atoms with Gasteiger partial charge in [0.05, 0.1) is 26.4 Å². The minimum absolute atomic E-state index is 0.0235. The summed E-state index contributed by atoms with van der Waals surface area (Å²) in [4.78, 5) is 73.2. The Kier molecular flexibility index (Phi) is 76.0. The number of aliphatic hydroxyl groups excluding tert-OH is 1. The third kappa shape index (κ3) is 79.7. The molecular weight excluding hydrogens is 1430 g/mol. The van der Waals surface area contributed by atoms with Crippen LogP contribution in [0.3, 0.4) is 0 Å². The zero-order valence-electron chi connectivity index (χ0n) is 67.8. The number of carbonyl (C=O) groups excluding carboxylic acids is 4. The summed E-state index contributed by atoms with van der Waals surface area (Å²) in [6.45, 7) is 4.31. The monoisotopic (exact) mass is 1570 g/mol. The SMILES string of the molecule is CC/C=C\C/C=C\C/C=C\C/C=C\C/C=C\C/C=C\CCC(=O)OCC(COP(=O)(O)OCC(O)COP(=O)(O)OCC(COC(=O)CCCCCC/C=C\C/C=C\C/C=C\C/C=C\CC)OC(=O)CCCC/C=C\C/C=C\C/C=C\C/C=C\CC)OC(=O)CCCCCCCC/C=C\C/C=C\C/C=C\CCCCC. The van der Waals surface area contributed by atoms with Crippen LogP contribution >= 0.6 is 15.6 Å². The molecule has 0 saturated heterocycles.